The Hall–Kier alpha value is -3.84. The van der Waals surface area contributed by atoms with Gasteiger partial charge in [-0.2, -0.15) is 0 Å². The molecule has 0 amide bonds. The van der Waals surface area contributed by atoms with Crippen molar-refractivity contribution in [2.75, 3.05) is 13.2 Å². The monoisotopic (exact) mass is 1080 g/mol. The van der Waals surface area contributed by atoms with E-state index in [1.165, 1.54) is 77.0 Å². The molecule has 1 fully saturated rings. The Balaban J connectivity index is 2.65. The summed E-state index contributed by atoms with van der Waals surface area (Å²) in [5, 5.41) is 31.4. The van der Waals surface area contributed by atoms with Crippen molar-refractivity contribution in [2.24, 2.45) is 0 Å². The van der Waals surface area contributed by atoms with Crippen molar-refractivity contribution < 1.29 is 58.2 Å². The molecule has 3 N–H and O–H groups in total. The van der Waals surface area contributed by atoms with Crippen molar-refractivity contribution in [3.05, 3.63) is 72.9 Å². The van der Waals surface area contributed by atoms with Gasteiger partial charge in [0.1, 0.15) is 18.8 Å². The van der Waals surface area contributed by atoms with Gasteiger partial charge in [-0.25, -0.2) is 4.79 Å². The van der Waals surface area contributed by atoms with Crippen LogP contribution in [-0.2, 0) is 42.9 Å². The minimum atomic E-state index is -1.90. The number of aliphatic carboxylic acids is 1. The highest BCUT2D eigenvalue weighted by Gasteiger charge is 2.50. The van der Waals surface area contributed by atoms with Gasteiger partial charge in [0.2, 0.25) is 0 Å². The van der Waals surface area contributed by atoms with Crippen LogP contribution < -0.4 is 0 Å². The maximum Gasteiger partial charge on any atom is 0.335 e. The van der Waals surface area contributed by atoms with Crippen molar-refractivity contribution in [2.45, 2.75) is 302 Å². The topological polar surface area (TPSA) is 175 Å². The summed E-state index contributed by atoms with van der Waals surface area (Å²) in [5.74, 6) is -3.13. The van der Waals surface area contributed by atoms with Crippen LogP contribution in [0.1, 0.15) is 265 Å². The SMILES string of the molecule is CC/C=C\C/C=C\C/C=C\C/C=C\CCCCCCCCC(=O)OCC(COC1OC(C(=O)O)C(O)C(O)C1OC(=O)CCCCCCCCCCC)OC(=O)CCCCCCCCCCC/C=C\C/C=C\CCCCC. The normalized spacial score (nSPS) is 18.5. The number of hydrogen-bond donors (Lipinski definition) is 3. The number of aliphatic hydroxyl groups excluding tert-OH is 2. The Kier molecular flexibility index (Phi) is 48.8. The van der Waals surface area contributed by atoms with Crippen LogP contribution in [0.4, 0.5) is 0 Å². The standard InChI is InChI=1S/C65H110O12/c1-4-7-10-13-16-19-21-23-25-27-29-31-33-35-37-40-42-45-48-51-57(66)73-54-56(75-58(67)52-49-46-44-41-38-36-34-32-30-28-26-24-22-20-17-14-11-8-5-2)55-74-65-63(61(70)60(69)62(77-65)64(71)72)76-59(68)53-50-47-43-39-18-15-12-9-6-3/h7,10,16-17,19-20,23-26,29,31,56,60-63,65,69-70H,4-6,8-9,11-15,18,21-22,27-28,30,32-55H2,1-3H3,(H,71,72)/b10-7-,19-16-,20-17-,25-23-,26-24-,31-29-. The number of carbonyl (C=O) groups is 4. The molecule has 0 aromatic heterocycles. The summed E-state index contributed by atoms with van der Waals surface area (Å²) in [5.41, 5.74) is 0. The molecule has 12 nitrogen and oxygen atoms in total. The highest BCUT2D eigenvalue weighted by Crippen LogP contribution is 2.26. The Labute approximate surface area is 468 Å². The maximum atomic E-state index is 13.2. The molecule has 442 valence electrons. The van der Waals surface area contributed by atoms with E-state index in [0.29, 0.717) is 19.3 Å². The van der Waals surface area contributed by atoms with E-state index in [2.05, 4.69) is 93.7 Å². The lowest BCUT2D eigenvalue weighted by Crippen LogP contribution is -2.61. The predicted octanol–water partition coefficient (Wildman–Crippen LogP) is 16.1. The third-order valence-electron chi connectivity index (χ3n) is 13.8. The number of carbonyl (C=O) groups excluding carboxylic acids is 3. The molecule has 0 aromatic rings. The lowest BCUT2D eigenvalue weighted by atomic mass is 9.98. The zero-order valence-corrected chi connectivity index (χ0v) is 48.7. The lowest BCUT2D eigenvalue weighted by Gasteiger charge is -2.40. The molecule has 0 saturated carbocycles. The summed E-state index contributed by atoms with van der Waals surface area (Å²) in [7, 11) is 0. The van der Waals surface area contributed by atoms with Gasteiger partial charge in [-0.1, -0.05) is 229 Å². The Bertz CT molecular complexity index is 1620. The van der Waals surface area contributed by atoms with Crippen LogP contribution in [0.15, 0.2) is 72.9 Å². The first-order chi connectivity index (χ1) is 37.6. The van der Waals surface area contributed by atoms with E-state index in [1.54, 1.807) is 0 Å². The Morgan fingerprint density at radius 2 is 0.818 bits per heavy atom. The van der Waals surface area contributed by atoms with E-state index >= 15 is 0 Å². The zero-order chi connectivity index (χ0) is 56.1. The maximum absolute atomic E-state index is 13.2. The molecule has 0 spiro atoms. The smallest absolute Gasteiger partial charge is 0.335 e. The minimum absolute atomic E-state index is 0.0586. The summed E-state index contributed by atoms with van der Waals surface area (Å²) in [6.45, 7) is 5.82. The molecule has 77 heavy (non-hydrogen) atoms. The first kappa shape index (κ1) is 71.2. The van der Waals surface area contributed by atoms with Gasteiger partial charge in [-0.05, 0) is 89.9 Å². The second kappa shape index (κ2) is 52.8. The van der Waals surface area contributed by atoms with Gasteiger partial charge < -0.3 is 39.0 Å². The van der Waals surface area contributed by atoms with Crippen molar-refractivity contribution >= 4 is 23.9 Å². The van der Waals surface area contributed by atoms with E-state index in [-0.39, 0.29) is 25.9 Å². The van der Waals surface area contributed by atoms with E-state index in [0.717, 1.165) is 128 Å². The molecule has 1 aliphatic heterocycles. The Morgan fingerprint density at radius 1 is 0.442 bits per heavy atom. The van der Waals surface area contributed by atoms with E-state index in [4.69, 9.17) is 23.7 Å². The molecule has 0 bridgehead atoms. The molecule has 6 atom stereocenters. The van der Waals surface area contributed by atoms with Crippen LogP contribution in [-0.4, -0.2) is 89.2 Å². The van der Waals surface area contributed by atoms with Gasteiger partial charge in [0.25, 0.3) is 0 Å². The van der Waals surface area contributed by atoms with Crippen LogP contribution in [0, 0.1) is 0 Å². The van der Waals surface area contributed by atoms with Crippen LogP contribution in [0.3, 0.4) is 0 Å². The first-order valence-electron chi connectivity index (χ1n) is 30.9. The van der Waals surface area contributed by atoms with Crippen LogP contribution in [0.25, 0.3) is 0 Å². The number of carboxylic acid groups (broad SMARTS) is 1. The zero-order valence-electron chi connectivity index (χ0n) is 48.7. The predicted molar refractivity (Wildman–Crippen MR) is 312 cm³/mol. The molecule has 12 heteroatoms. The molecule has 0 aliphatic carbocycles. The van der Waals surface area contributed by atoms with Gasteiger partial charge in [-0.3, -0.25) is 14.4 Å². The second-order valence-electron chi connectivity index (χ2n) is 21.0. The Morgan fingerprint density at radius 3 is 1.27 bits per heavy atom. The van der Waals surface area contributed by atoms with Crippen molar-refractivity contribution in [3.8, 4) is 0 Å². The third kappa shape index (κ3) is 42.7. The average molecular weight is 1080 g/mol. The summed E-state index contributed by atoms with van der Waals surface area (Å²) >= 11 is 0. The highest BCUT2D eigenvalue weighted by atomic mass is 16.7. The fraction of sp³-hybridized carbons (Fsp3) is 0.754. The van der Waals surface area contributed by atoms with Crippen molar-refractivity contribution in [1.82, 2.24) is 0 Å². The van der Waals surface area contributed by atoms with Gasteiger partial charge >= 0.3 is 23.9 Å². The average Bonchev–Trinajstić information content (AvgIpc) is 3.42. The molecule has 1 rings (SSSR count). The molecule has 0 radical (unpaired) electrons. The summed E-state index contributed by atoms with van der Waals surface area (Å²) in [6, 6.07) is 0. The summed E-state index contributed by atoms with van der Waals surface area (Å²) < 4.78 is 28.4. The number of allylic oxidation sites excluding steroid dienone is 12. The largest absolute Gasteiger partial charge is 0.479 e. The number of esters is 3. The molecule has 1 aliphatic rings. The molecular formula is C65H110O12. The second-order valence-corrected chi connectivity index (χ2v) is 21.0. The van der Waals surface area contributed by atoms with Crippen LogP contribution in [0.5, 0.6) is 0 Å². The third-order valence-corrected chi connectivity index (χ3v) is 13.8. The van der Waals surface area contributed by atoms with Crippen LogP contribution in [0.2, 0.25) is 0 Å². The number of hydrogen-bond acceptors (Lipinski definition) is 11. The van der Waals surface area contributed by atoms with Crippen LogP contribution >= 0.6 is 0 Å². The van der Waals surface area contributed by atoms with Crippen molar-refractivity contribution in [1.29, 1.82) is 0 Å². The quantitative estimate of drug-likeness (QED) is 0.0228. The van der Waals surface area contributed by atoms with E-state index in [1.807, 2.05) is 0 Å². The van der Waals surface area contributed by atoms with Gasteiger partial charge in [-0.15, -0.1) is 0 Å². The number of ether oxygens (including phenoxy) is 5. The fourth-order valence-electron chi connectivity index (χ4n) is 9.04. The molecule has 1 heterocycles. The number of rotatable bonds is 52. The van der Waals surface area contributed by atoms with Gasteiger partial charge in [0, 0.05) is 19.3 Å². The molecule has 6 unspecified atom stereocenters. The van der Waals surface area contributed by atoms with E-state index in [9.17, 15) is 34.5 Å². The van der Waals surface area contributed by atoms with Gasteiger partial charge in [0.15, 0.2) is 24.6 Å². The fourth-order valence-corrected chi connectivity index (χ4v) is 9.04. The van der Waals surface area contributed by atoms with Gasteiger partial charge in [0.05, 0.1) is 6.61 Å². The first-order valence-corrected chi connectivity index (χ1v) is 30.9. The van der Waals surface area contributed by atoms with E-state index < -0.39 is 67.3 Å². The minimum Gasteiger partial charge on any atom is -0.479 e. The van der Waals surface area contributed by atoms with Crippen molar-refractivity contribution in [3.63, 3.8) is 0 Å². The molecule has 1 saturated heterocycles. The highest BCUT2D eigenvalue weighted by molar-refractivity contribution is 5.74. The summed E-state index contributed by atoms with van der Waals surface area (Å²) in [6.07, 6.45) is 54.5. The molecular weight excluding hydrogens is 973 g/mol. The number of carboxylic acids is 1. The summed E-state index contributed by atoms with van der Waals surface area (Å²) in [4.78, 5) is 51.1. The number of unbranched alkanes of at least 4 members (excludes halogenated alkanes) is 26. The number of aliphatic hydroxyl groups is 2. The molecule has 0 aromatic carbocycles. The lowest BCUT2D eigenvalue weighted by molar-refractivity contribution is -0.301.